The van der Waals surface area contributed by atoms with Crippen molar-refractivity contribution < 1.29 is 0 Å². The molecular weight excluding hydrogens is 256 g/mol. The first-order valence-electron chi connectivity index (χ1n) is 9.40. The van der Waals surface area contributed by atoms with Crippen LogP contribution in [0, 0.1) is 28.6 Å². The van der Waals surface area contributed by atoms with Gasteiger partial charge in [0.05, 0.1) is 12.0 Å². The van der Waals surface area contributed by atoms with Crippen molar-refractivity contribution in [1.82, 2.24) is 4.90 Å². The predicted octanol–water partition coefficient (Wildman–Crippen LogP) is 4.75. The zero-order chi connectivity index (χ0) is 14.7. The van der Waals surface area contributed by atoms with Crippen LogP contribution in [0.25, 0.3) is 0 Å². The molecule has 1 spiro atoms. The molecule has 0 bridgehead atoms. The maximum atomic E-state index is 9.54. The lowest BCUT2D eigenvalue weighted by molar-refractivity contribution is 0.0345. The maximum absolute atomic E-state index is 9.54. The molecule has 1 aliphatic heterocycles. The molecule has 2 heteroatoms. The third kappa shape index (κ3) is 3.29. The second kappa shape index (κ2) is 6.69. The van der Waals surface area contributed by atoms with Crippen LogP contribution in [0.3, 0.4) is 0 Å². The van der Waals surface area contributed by atoms with Crippen LogP contribution in [0.15, 0.2) is 0 Å². The average Bonchev–Trinajstić information content (AvgIpc) is 2.97. The van der Waals surface area contributed by atoms with Crippen molar-refractivity contribution in [3.8, 4) is 6.07 Å². The molecule has 0 aromatic carbocycles. The van der Waals surface area contributed by atoms with Crippen molar-refractivity contribution in [2.75, 3.05) is 13.1 Å². The monoisotopic (exact) mass is 288 g/mol. The van der Waals surface area contributed by atoms with Crippen LogP contribution in [-0.4, -0.2) is 24.0 Å². The van der Waals surface area contributed by atoms with Crippen LogP contribution in [0.5, 0.6) is 0 Å². The Morgan fingerprint density at radius 1 is 1.10 bits per heavy atom. The van der Waals surface area contributed by atoms with E-state index in [-0.39, 0.29) is 0 Å². The number of hydrogen-bond donors (Lipinski definition) is 0. The van der Waals surface area contributed by atoms with E-state index in [4.69, 9.17) is 0 Å². The first-order chi connectivity index (χ1) is 10.3. The van der Waals surface area contributed by atoms with Crippen LogP contribution in [0.1, 0.15) is 77.6 Å². The number of piperidine rings is 1. The number of likely N-dealkylation sites (tertiary alicyclic amines) is 1. The SMILES string of the molecule is CCCC1CCC(C#N)C(N2CCC3(CCCC3)CC2)C1. The summed E-state index contributed by atoms with van der Waals surface area (Å²) < 4.78 is 0. The van der Waals surface area contributed by atoms with E-state index < -0.39 is 0 Å². The fraction of sp³-hybridized carbons (Fsp3) is 0.947. The fourth-order valence-electron chi connectivity index (χ4n) is 5.41. The maximum Gasteiger partial charge on any atom is 0.0672 e. The average molecular weight is 288 g/mol. The van der Waals surface area contributed by atoms with Crippen LogP contribution in [0.4, 0.5) is 0 Å². The van der Waals surface area contributed by atoms with E-state index in [1.165, 1.54) is 77.3 Å². The number of hydrogen-bond acceptors (Lipinski definition) is 2. The van der Waals surface area contributed by atoms with Gasteiger partial charge in [-0.05, 0) is 69.4 Å². The summed E-state index contributed by atoms with van der Waals surface area (Å²) in [7, 11) is 0. The predicted molar refractivity (Wildman–Crippen MR) is 86.8 cm³/mol. The van der Waals surface area contributed by atoms with Crippen molar-refractivity contribution in [3.05, 3.63) is 0 Å². The fourth-order valence-corrected chi connectivity index (χ4v) is 5.41. The first kappa shape index (κ1) is 15.3. The highest BCUT2D eigenvalue weighted by Crippen LogP contribution is 2.47. The van der Waals surface area contributed by atoms with Crippen molar-refractivity contribution in [2.45, 2.75) is 83.6 Å². The molecule has 2 saturated carbocycles. The summed E-state index contributed by atoms with van der Waals surface area (Å²) in [6.07, 6.45) is 15.1. The Bertz CT molecular complexity index is 368. The van der Waals surface area contributed by atoms with Gasteiger partial charge in [-0.1, -0.05) is 32.6 Å². The van der Waals surface area contributed by atoms with E-state index >= 15 is 0 Å². The largest absolute Gasteiger partial charge is 0.299 e. The molecule has 118 valence electrons. The molecule has 21 heavy (non-hydrogen) atoms. The molecule has 3 aliphatic rings. The lowest BCUT2D eigenvalue weighted by Gasteiger charge is -2.46. The summed E-state index contributed by atoms with van der Waals surface area (Å²) in [5.74, 6) is 1.18. The third-order valence-electron chi connectivity index (χ3n) is 6.78. The Balaban J connectivity index is 1.60. The summed E-state index contributed by atoms with van der Waals surface area (Å²) >= 11 is 0. The lowest BCUT2D eigenvalue weighted by atomic mass is 9.73. The van der Waals surface area contributed by atoms with Crippen LogP contribution < -0.4 is 0 Å². The molecule has 2 aliphatic carbocycles. The second-order valence-corrected chi connectivity index (χ2v) is 8.01. The Labute approximate surface area is 130 Å². The van der Waals surface area contributed by atoms with Gasteiger partial charge in [0, 0.05) is 6.04 Å². The summed E-state index contributed by atoms with van der Waals surface area (Å²) in [5.41, 5.74) is 0.704. The molecule has 3 rings (SSSR count). The van der Waals surface area contributed by atoms with Crippen LogP contribution in [-0.2, 0) is 0 Å². The van der Waals surface area contributed by atoms with Gasteiger partial charge >= 0.3 is 0 Å². The van der Waals surface area contributed by atoms with Crippen molar-refractivity contribution in [2.24, 2.45) is 17.3 Å². The summed E-state index contributed by atoms with van der Waals surface area (Å²) in [6, 6.07) is 3.20. The standard InChI is InChI=1S/C19H32N2/c1-2-5-16-6-7-17(15-20)18(14-16)21-12-10-19(11-13-21)8-3-4-9-19/h16-18H,2-14H2,1H3. The number of rotatable bonds is 3. The van der Waals surface area contributed by atoms with Gasteiger partial charge in [-0.3, -0.25) is 4.90 Å². The zero-order valence-electron chi connectivity index (χ0n) is 13.8. The van der Waals surface area contributed by atoms with Crippen molar-refractivity contribution >= 4 is 0 Å². The number of nitrogens with zero attached hydrogens (tertiary/aromatic N) is 2. The van der Waals surface area contributed by atoms with E-state index in [0.29, 0.717) is 17.4 Å². The minimum Gasteiger partial charge on any atom is -0.299 e. The summed E-state index contributed by atoms with van der Waals surface area (Å²) in [6.45, 7) is 4.83. The highest BCUT2D eigenvalue weighted by atomic mass is 15.2. The Kier molecular flexibility index (Phi) is 4.89. The van der Waals surface area contributed by atoms with Gasteiger partial charge in [0.15, 0.2) is 0 Å². The van der Waals surface area contributed by atoms with Gasteiger partial charge in [0.2, 0.25) is 0 Å². The Morgan fingerprint density at radius 3 is 2.43 bits per heavy atom. The quantitative estimate of drug-likeness (QED) is 0.749. The third-order valence-corrected chi connectivity index (χ3v) is 6.78. The van der Waals surface area contributed by atoms with Gasteiger partial charge in [-0.15, -0.1) is 0 Å². The topological polar surface area (TPSA) is 27.0 Å². The molecule has 0 aromatic heterocycles. The summed E-state index contributed by atoms with van der Waals surface area (Å²) in [4.78, 5) is 2.71. The van der Waals surface area contributed by atoms with Crippen molar-refractivity contribution in [3.63, 3.8) is 0 Å². The first-order valence-corrected chi connectivity index (χ1v) is 9.40. The molecule has 2 nitrogen and oxygen atoms in total. The highest BCUT2D eigenvalue weighted by Gasteiger charge is 2.41. The molecule has 0 N–H and O–H groups in total. The van der Waals surface area contributed by atoms with Gasteiger partial charge in [-0.25, -0.2) is 0 Å². The van der Waals surface area contributed by atoms with Crippen LogP contribution in [0.2, 0.25) is 0 Å². The van der Waals surface area contributed by atoms with E-state index in [0.717, 1.165) is 12.3 Å². The molecule has 0 radical (unpaired) electrons. The van der Waals surface area contributed by atoms with E-state index in [1.807, 2.05) is 0 Å². The zero-order valence-corrected chi connectivity index (χ0v) is 13.8. The molecule has 0 amide bonds. The Morgan fingerprint density at radius 2 is 1.81 bits per heavy atom. The minimum absolute atomic E-state index is 0.302. The molecule has 1 heterocycles. The van der Waals surface area contributed by atoms with Gasteiger partial charge in [-0.2, -0.15) is 5.26 Å². The van der Waals surface area contributed by atoms with E-state index in [1.54, 1.807) is 0 Å². The Hall–Kier alpha value is -0.550. The molecule has 0 aromatic rings. The van der Waals surface area contributed by atoms with Gasteiger partial charge in [0.25, 0.3) is 0 Å². The highest BCUT2D eigenvalue weighted by molar-refractivity contribution is 5.00. The molecule has 1 saturated heterocycles. The second-order valence-electron chi connectivity index (χ2n) is 8.01. The normalized spacial score (nSPS) is 36.7. The van der Waals surface area contributed by atoms with Crippen LogP contribution >= 0.6 is 0 Å². The molecule has 3 fully saturated rings. The number of nitriles is 1. The van der Waals surface area contributed by atoms with Crippen molar-refractivity contribution in [1.29, 1.82) is 5.26 Å². The van der Waals surface area contributed by atoms with E-state index in [9.17, 15) is 5.26 Å². The smallest absolute Gasteiger partial charge is 0.0672 e. The van der Waals surface area contributed by atoms with E-state index in [2.05, 4.69) is 17.9 Å². The molecular formula is C19H32N2. The summed E-state index contributed by atoms with van der Waals surface area (Å²) in [5, 5.41) is 9.54. The van der Waals surface area contributed by atoms with Gasteiger partial charge in [0.1, 0.15) is 0 Å². The van der Waals surface area contributed by atoms with Gasteiger partial charge < -0.3 is 0 Å². The minimum atomic E-state index is 0.302. The lowest BCUT2D eigenvalue weighted by Crippen LogP contribution is -2.49. The molecule has 3 atom stereocenters. The molecule has 3 unspecified atom stereocenters.